The predicted molar refractivity (Wildman–Crippen MR) is 91.6 cm³/mol. The van der Waals surface area contributed by atoms with Gasteiger partial charge in [-0.25, -0.2) is 0 Å². The first-order valence-electron chi connectivity index (χ1n) is 9.35. The van der Waals surface area contributed by atoms with Crippen LogP contribution in [-0.4, -0.2) is 20.8 Å². The topological polar surface area (TPSA) is 40.5 Å². The van der Waals surface area contributed by atoms with Gasteiger partial charge >= 0.3 is 0 Å². The molecule has 4 rings (SSSR count). The molecule has 3 heteroatoms. The summed E-state index contributed by atoms with van der Waals surface area (Å²) in [6, 6.07) is 0. The van der Waals surface area contributed by atoms with Crippen LogP contribution < -0.4 is 0 Å². The van der Waals surface area contributed by atoms with Crippen molar-refractivity contribution < 1.29 is 10.2 Å². The Bertz CT molecular complexity index is 464. The molecule has 4 aliphatic rings. The average molecular weight is 371 g/mol. The van der Waals surface area contributed by atoms with Gasteiger partial charge in [-0.1, -0.05) is 36.2 Å². The molecular weight excluding hydrogens is 340 g/mol. The van der Waals surface area contributed by atoms with E-state index in [-0.39, 0.29) is 6.10 Å². The molecule has 0 aromatic carbocycles. The zero-order chi connectivity index (χ0) is 15.8. The standard InChI is InChI=1S/C19H31BrO2/c1-17-6-3-4-13(17)16-14(5-7-17)18(2)8-9-19(20,22)11-12(18)10-15(16)21/h12-16,21-22H,3-11H2,1-2H3/t12-,13-,14-,15-,16-,17-,18-,19-/m0/s1. The number of aliphatic hydroxyl groups excluding tert-OH is 1. The molecule has 2 N–H and O–H groups in total. The summed E-state index contributed by atoms with van der Waals surface area (Å²) in [6.07, 6.45) is 10.2. The molecule has 22 heavy (non-hydrogen) atoms. The van der Waals surface area contributed by atoms with Crippen LogP contribution in [0.1, 0.15) is 71.6 Å². The summed E-state index contributed by atoms with van der Waals surface area (Å²) >= 11 is 3.51. The Balaban J connectivity index is 1.66. The van der Waals surface area contributed by atoms with Gasteiger partial charge in [0.2, 0.25) is 0 Å². The van der Waals surface area contributed by atoms with E-state index in [1.165, 1.54) is 32.1 Å². The van der Waals surface area contributed by atoms with Gasteiger partial charge in [0.05, 0.1) is 6.10 Å². The third-order valence-electron chi connectivity index (χ3n) is 8.47. The molecule has 0 unspecified atom stereocenters. The number of hydrogen-bond donors (Lipinski definition) is 2. The number of rotatable bonds is 0. The molecule has 4 fully saturated rings. The second kappa shape index (κ2) is 4.95. The van der Waals surface area contributed by atoms with Crippen LogP contribution in [0.3, 0.4) is 0 Å². The second-order valence-electron chi connectivity index (χ2n) is 9.50. The summed E-state index contributed by atoms with van der Waals surface area (Å²) in [5, 5.41) is 21.4. The van der Waals surface area contributed by atoms with Crippen molar-refractivity contribution in [2.75, 3.05) is 0 Å². The highest BCUT2D eigenvalue weighted by molar-refractivity contribution is 9.10. The molecule has 0 aromatic rings. The normalized spacial score (nSPS) is 61.2. The Hall–Kier alpha value is 0.400. The lowest BCUT2D eigenvalue weighted by molar-refractivity contribution is -0.171. The van der Waals surface area contributed by atoms with Crippen molar-refractivity contribution in [1.82, 2.24) is 0 Å². The van der Waals surface area contributed by atoms with E-state index in [9.17, 15) is 10.2 Å². The Kier molecular flexibility index (Phi) is 3.58. The maximum atomic E-state index is 11.0. The summed E-state index contributed by atoms with van der Waals surface area (Å²) in [6.45, 7) is 4.96. The molecule has 0 bridgehead atoms. The van der Waals surface area contributed by atoms with Crippen LogP contribution in [0, 0.1) is 34.5 Å². The number of halogens is 1. The highest BCUT2D eigenvalue weighted by Gasteiger charge is 2.61. The van der Waals surface area contributed by atoms with Gasteiger partial charge in [0, 0.05) is 0 Å². The number of fused-ring (bicyclic) bond motifs is 5. The van der Waals surface area contributed by atoms with Gasteiger partial charge in [-0.15, -0.1) is 0 Å². The van der Waals surface area contributed by atoms with Crippen LogP contribution in [0.4, 0.5) is 0 Å². The Morgan fingerprint density at radius 3 is 2.55 bits per heavy atom. The maximum Gasteiger partial charge on any atom is 0.119 e. The van der Waals surface area contributed by atoms with Crippen molar-refractivity contribution in [3.63, 3.8) is 0 Å². The summed E-state index contributed by atoms with van der Waals surface area (Å²) in [5.74, 6) is 2.39. The summed E-state index contributed by atoms with van der Waals surface area (Å²) in [7, 11) is 0. The Morgan fingerprint density at radius 1 is 1.00 bits per heavy atom. The minimum absolute atomic E-state index is 0.146. The van der Waals surface area contributed by atoms with Crippen molar-refractivity contribution in [2.45, 2.75) is 82.2 Å². The first-order valence-corrected chi connectivity index (χ1v) is 10.1. The van der Waals surface area contributed by atoms with Crippen LogP contribution in [-0.2, 0) is 0 Å². The van der Waals surface area contributed by atoms with Gasteiger partial charge in [-0.05, 0) is 85.9 Å². The number of aliphatic hydroxyl groups is 2. The molecule has 8 atom stereocenters. The van der Waals surface area contributed by atoms with Gasteiger partial charge in [0.25, 0.3) is 0 Å². The highest BCUT2D eigenvalue weighted by Crippen LogP contribution is 2.67. The van der Waals surface area contributed by atoms with Crippen molar-refractivity contribution in [3.05, 3.63) is 0 Å². The molecular formula is C19H31BrO2. The van der Waals surface area contributed by atoms with Crippen LogP contribution >= 0.6 is 15.9 Å². The third kappa shape index (κ3) is 2.18. The average Bonchev–Trinajstić information content (AvgIpc) is 2.82. The fraction of sp³-hybridized carbons (Fsp3) is 1.00. The highest BCUT2D eigenvalue weighted by atomic mass is 79.9. The van der Waals surface area contributed by atoms with E-state index >= 15 is 0 Å². The quantitative estimate of drug-likeness (QED) is 0.617. The molecule has 0 spiro atoms. The van der Waals surface area contributed by atoms with Crippen molar-refractivity contribution in [1.29, 1.82) is 0 Å². The summed E-state index contributed by atoms with van der Waals surface area (Å²) < 4.78 is -0.694. The lowest BCUT2D eigenvalue weighted by Gasteiger charge is -2.62. The van der Waals surface area contributed by atoms with Crippen LogP contribution in [0.5, 0.6) is 0 Å². The van der Waals surface area contributed by atoms with Crippen LogP contribution in [0.2, 0.25) is 0 Å². The van der Waals surface area contributed by atoms with E-state index in [0.29, 0.717) is 28.6 Å². The largest absolute Gasteiger partial charge is 0.393 e. The summed E-state index contributed by atoms with van der Waals surface area (Å²) in [4.78, 5) is 0. The molecule has 0 aliphatic heterocycles. The van der Waals surface area contributed by atoms with Gasteiger partial charge in [0.1, 0.15) is 4.51 Å². The van der Waals surface area contributed by atoms with Crippen LogP contribution in [0.25, 0.3) is 0 Å². The van der Waals surface area contributed by atoms with Crippen molar-refractivity contribution >= 4 is 15.9 Å². The zero-order valence-electron chi connectivity index (χ0n) is 14.0. The minimum atomic E-state index is -0.694. The smallest absolute Gasteiger partial charge is 0.119 e. The first-order chi connectivity index (χ1) is 10.3. The van der Waals surface area contributed by atoms with Crippen molar-refractivity contribution in [2.24, 2.45) is 34.5 Å². The Labute approximate surface area is 143 Å². The molecule has 0 aromatic heterocycles. The second-order valence-corrected chi connectivity index (χ2v) is 11.0. The Morgan fingerprint density at radius 2 is 1.77 bits per heavy atom. The van der Waals surface area contributed by atoms with E-state index < -0.39 is 4.51 Å². The number of hydrogen-bond acceptors (Lipinski definition) is 2. The van der Waals surface area contributed by atoms with Gasteiger partial charge in [0.15, 0.2) is 0 Å². The molecule has 0 radical (unpaired) electrons. The van der Waals surface area contributed by atoms with E-state index in [4.69, 9.17) is 0 Å². The molecule has 0 saturated heterocycles. The monoisotopic (exact) mass is 370 g/mol. The van der Waals surface area contributed by atoms with Gasteiger partial charge in [-0.2, -0.15) is 0 Å². The number of alkyl halides is 1. The zero-order valence-corrected chi connectivity index (χ0v) is 15.6. The molecule has 2 nitrogen and oxygen atoms in total. The molecule has 0 amide bonds. The van der Waals surface area contributed by atoms with E-state index in [1.807, 2.05) is 0 Å². The lowest BCUT2D eigenvalue weighted by atomic mass is 9.44. The fourth-order valence-electron chi connectivity index (χ4n) is 7.16. The molecule has 4 saturated carbocycles. The SMILES string of the molecule is C[C@@]12CCC[C@H]1[C@@H]1[C@@H](O)C[C@H]3C[C@](O)(Br)CC[C@]3(C)[C@H]1CC2. The molecule has 0 heterocycles. The van der Waals surface area contributed by atoms with Gasteiger partial charge < -0.3 is 10.2 Å². The van der Waals surface area contributed by atoms with E-state index in [2.05, 4.69) is 29.8 Å². The minimum Gasteiger partial charge on any atom is -0.393 e. The molecule has 126 valence electrons. The predicted octanol–water partition coefficient (Wildman–Crippen LogP) is 4.47. The first kappa shape index (κ1) is 15.9. The maximum absolute atomic E-state index is 11.0. The van der Waals surface area contributed by atoms with E-state index in [0.717, 1.165) is 31.6 Å². The summed E-state index contributed by atoms with van der Waals surface area (Å²) in [5.41, 5.74) is 0.823. The molecule has 4 aliphatic carbocycles. The van der Waals surface area contributed by atoms with Gasteiger partial charge in [-0.3, -0.25) is 0 Å². The van der Waals surface area contributed by atoms with Crippen LogP contribution in [0.15, 0.2) is 0 Å². The third-order valence-corrected chi connectivity index (χ3v) is 9.19. The fourth-order valence-corrected chi connectivity index (χ4v) is 7.75. The van der Waals surface area contributed by atoms with Crippen molar-refractivity contribution in [3.8, 4) is 0 Å². The van der Waals surface area contributed by atoms with E-state index in [1.54, 1.807) is 0 Å². The lowest BCUT2D eigenvalue weighted by Crippen LogP contribution is -2.58.